The lowest BCUT2D eigenvalue weighted by Crippen LogP contribution is -2.46. The van der Waals surface area contributed by atoms with Gasteiger partial charge >= 0.3 is 6.09 Å². The largest absolute Gasteiger partial charge is 0.445 e. The Morgan fingerprint density at radius 2 is 2.29 bits per heavy atom. The van der Waals surface area contributed by atoms with Gasteiger partial charge in [-0.2, -0.15) is 0 Å². The molecule has 1 atom stereocenters. The number of rotatable bonds is 4. The van der Waals surface area contributed by atoms with Crippen molar-refractivity contribution in [2.24, 2.45) is 0 Å². The number of nitrogens with one attached hydrogen (secondary N) is 1. The lowest BCUT2D eigenvalue weighted by atomic mass is 10.1. The molecule has 1 aliphatic heterocycles. The number of alkyl carbamates (subject to hydrolysis) is 1. The van der Waals surface area contributed by atoms with Gasteiger partial charge in [0.1, 0.15) is 11.3 Å². The zero-order valence-corrected chi connectivity index (χ0v) is 15.3. The van der Waals surface area contributed by atoms with Crippen molar-refractivity contribution in [3.8, 4) is 0 Å². The van der Waals surface area contributed by atoms with Gasteiger partial charge in [0.2, 0.25) is 0 Å². The number of aliphatic hydroxyl groups is 1. The van der Waals surface area contributed by atoms with Gasteiger partial charge in [-0.05, 0) is 51.8 Å². The van der Waals surface area contributed by atoms with Crippen LogP contribution in [-0.4, -0.2) is 45.8 Å². The summed E-state index contributed by atoms with van der Waals surface area (Å²) in [5.74, 6) is 0. The van der Waals surface area contributed by atoms with Crippen molar-refractivity contribution >= 4 is 17.7 Å². The van der Waals surface area contributed by atoms with Gasteiger partial charge < -0.3 is 15.2 Å². The van der Waals surface area contributed by atoms with Crippen LogP contribution >= 0.6 is 11.6 Å². The minimum absolute atomic E-state index is 0.112. The van der Waals surface area contributed by atoms with Gasteiger partial charge in [-0.15, -0.1) is 0 Å². The number of carbonyl (C=O) groups excluding carboxylic acids is 1. The molecule has 2 rings (SSSR count). The highest BCUT2D eigenvalue weighted by Gasteiger charge is 2.25. The standard InChI is InChI=1S/C17H26ClN3O3/c1-17(2,3)20-16(23)24-14-5-4-6-21(10-14)9-12-7-13(11-22)15(18)19-8-12/h7-8,14,22H,4-6,9-11H2,1-3H3,(H,20,23)/t14-/m1/s1. The van der Waals surface area contributed by atoms with E-state index in [9.17, 15) is 9.90 Å². The average Bonchev–Trinajstić information content (AvgIpc) is 2.47. The van der Waals surface area contributed by atoms with Crippen LogP contribution in [0.3, 0.4) is 0 Å². The van der Waals surface area contributed by atoms with Crippen LogP contribution in [-0.2, 0) is 17.9 Å². The first-order chi connectivity index (χ1) is 11.3. The van der Waals surface area contributed by atoms with Crippen molar-refractivity contribution < 1.29 is 14.6 Å². The number of aromatic nitrogens is 1. The molecule has 1 fully saturated rings. The highest BCUT2D eigenvalue weighted by atomic mass is 35.5. The number of nitrogens with zero attached hydrogens (tertiary/aromatic N) is 2. The molecule has 6 nitrogen and oxygen atoms in total. The summed E-state index contributed by atoms with van der Waals surface area (Å²) in [6.45, 7) is 7.97. The first kappa shape index (κ1) is 19.0. The topological polar surface area (TPSA) is 74.7 Å². The van der Waals surface area contributed by atoms with Crippen molar-refractivity contribution in [2.45, 2.75) is 58.4 Å². The van der Waals surface area contributed by atoms with Gasteiger partial charge in [-0.3, -0.25) is 4.90 Å². The maximum atomic E-state index is 11.9. The Balaban J connectivity index is 1.90. The van der Waals surface area contributed by atoms with Crippen molar-refractivity contribution in [2.75, 3.05) is 13.1 Å². The van der Waals surface area contributed by atoms with E-state index in [0.29, 0.717) is 23.8 Å². The molecule has 134 valence electrons. The number of likely N-dealkylation sites (tertiary alicyclic amines) is 1. The van der Waals surface area contributed by atoms with E-state index >= 15 is 0 Å². The second-order valence-electron chi connectivity index (χ2n) is 7.23. The summed E-state index contributed by atoms with van der Waals surface area (Å²) in [4.78, 5) is 18.2. The number of aliphatic hydroxyl groups excluding tert-OH is 1. The van der Waals surface area contributed by atoms with E-state index in [4.69, 9.17) is 16.3 Å². The van der Waals surface area contributed by atoms with Gasteiger partial charge in [0.05, 0.1) is 6.61 Å². The van der Waals surface area contributed by atoms with Crippen molar-refractivity contribution in [1.29, 1.82) is 0 Å². The van der Waals surface area contributed by atoms with Crippen LogP contribution in [0.4, 0.5) is 4.79 Å². The van der Waals surface area contributed by atoms with E-state index in [1.807, 2.05) is 26.8 Å². The second kappa shape index (κ2) is 8.14. The third-order valence-corrected chi connectivity index (χ3v) is 4.10. The number of ether oxygens (including phenoxy) is 1. The Hall–Kier alpha value is -1.37. The molecule has 0 aliphatic carbocycles. The smallest absolute Gasteiger partial charge is 0.407 e. The molecular formula is C17H26ClN3O3. The predicted molar refractivity (Wildman–Crippen MR) is 92.8 cm³/mol. The molecule has 0 unspecified atom stereocenters. The number of amides is 1. The Bertz CT molecular complexity index is 575. The molecule has 1 aliphatic rings. The van der Waals surface area contributed by atoms with Gasteiger partial charge in [-0.1, -0.05) is 11.6 Å². The number of pyridine rings is 1. The van der Waals surface area contributed by atoms with Gasteiger partial charge in [0, 0.05) is 30.4 Å². The summed E-state index contributed by atoms with van der Waals surface area (Å²) in [5.41, 5.74) is 1.31. The average molecular weight is 356 g/mol. The van der Waals surface area contributed by atoms with E-state index in [1.54, 1.807) is 6.20 Å². The molecule has 1 saturated heterocycles. The summed E-state index contributed by atoms with van der Waals surface area (Å²) < 4.78 is 5.53. The maximum Gasteiger partial charge on any atom is 0.407 e. The molecule has 0 aromatic carbocycles. The molecule has 1 aromatic rings. The fourth-order valence-electron chi connectivity index (χ4n) is 2.74. The van der Waals surface area contributed by atoms with Crippen LogP contribution in [0.2, 0.25) is 5.15 Å². The molecule has 24 heavy (non-hydrogen) atoms. The zero-order chi connectivity index (χ0) is 17.7. The third-order valence-electron chi connectivity index (χ3n) is 3.76. The Morgan fingerprint density at radius 1 is 1.54 bits per heavy atom. The quantitative estimate of drug-likeness (QED) is 0.812. The van der Waals surface area contributed by atoms with Crippen molar-refractivity contribution in [3.63, 3.8) is 0 Å². The number of carbonyl (C=O) groups is 1. The van der Waals surface area contributed by atoms with E-state index in [-0.39, 0.29) is 24.3 Å². The fraction of sp³-hybridized carbons (Fsp3) is 0.647. The molecular weight excluding hydrogens is 330 g/mol. The zero-order valence-electron chi connectivity index (χ0n) is 14.5. The van der Waals surface area contributed by atoms with Crippen LogP contribution in [0.15, 0.2) is 12.3 Å². The van der Waals surface area contributed by atoms with Crippen molar-refractivity contribution in [3.05, 3.63) is 28.5 Å². The summed E-state index contributed by atoms with van der Waals surface area (Å²) >= 11 is 5.92. The van der Waals surface area contributed by atoms with Crippen LogP contribution in [0, 0.1) is 0 Å². The Morgan fingerprint density at radius 3 is 2.96 bits per heavy atom. The van der Waals surface area contributed by atoms with E-state index < -0.39 is 0 Å². The lowest BCUT2D eigenvalue weighted by molar-refractivity contribution is 0.0365. The van der Waals surface area contributed by atoms with E-state index in [1.165, 1.54) is 0 Å². The number of piperidine rings is 1. The first-order valence-electron chi connectivity index (χ1n) is 8.22. The maximum absolute atomic E-state index is 11.9. The molecule has 0 spiro atoms. The van der Waals surface area contributed by atoms with Gasteiger partial charge in [-0.25, -0.2) is 9.78 Å². The van der Waals surface area contributed by atoms with E-state index in [0.717, 1.165) is 24.9 Å². The first-order valence-corrected chi connectivity index (χ1v) is 8.60. The normalized spacial score (nSPS) is 19.1. The van der Waals surface area contributed by atoms with Gasteiger partial charge in [0.15, 0.2) is 0 Å². The fourth-order valence-corrected chi connectivity index (χ4v) is 2.90. The Kier molecular flexibility index (Phi) is 6.43. The molecule has 7 heteroatoms. The highest BCUT2D eigenvalue weighted by Crippen LogP contribution is 2.19. The minimum Gasteiger partial charge on any atom is -0.445 e. The van der Waals surface area contributed by atoms with Crippen LogP contribution < -0.4 is 5.32 Å². The molecule has 0 saturated carbocycles. The Labute approximate surface area is 148 Å². The number of halogens is 1. The molecule has 2 heterocycles. The van der Waals surface area contributed by atoms with Crippen molar-refractivity contribution in [1.82, 2.24) is 15.2 Å². The van der Waals surface area contributed by atoms with Gasteiger partial charge in [0.25, 0.3) is 0 Å². The van der Waals surface area contributed by atoms with E-state index in [2.05, 4.69) is 15.2 Å². The predicted octanol–water partition coefficient (Wildman–Crippen LogP) is 2.72. The SMILES string of the molecule is CC(C)(C)NC(=O)O[C@@H]1CCCN(Cc2cnc(Cl)c(CO)c2)C1. The summed E-state index contributed by atoms with van der Waals surface area (Å²) in [6, 6.07) is 1.87. The number of hydrogen-bond donors (Lipinski definition) is 2. The monoisotopic (exact) mass is 355 g/mol. The lowest BCUT2D eigenvalue weighted by Gasteiger charge is -2.33. The molecule has 2 N–H and O–H groups in total. The van der Waals surface area contributed by atoms with Crippen LogP contribution in [0.1, 0.15) is 44.7 Å². The minimum atomic E-state index is -0.370. The molecule has 0 radical (unpaired) electrons. The summed E-state index contributed by atoms with van der Waals surface area (Å²) in [5, 5.41) is 12.4. The van der Waals surface area contributed by atoms with Crippen LogP contribution in [0.5, 0.6) is 0 Å². The summed E-state index contributed by atoms with van der Waals surface area (Å²) in [7, 11) is 0. The molecule has 0 bridgehead atoms. The number of hydrogen-bond acceptors (Lipinski definition) is 5. The third kappa shape index (κ3) is 5.92. The van der Waals surface area contributed by atoms with Crippen LogP contribution in [0.25, 0.3) is 0 Å². The second-order valence-corrected chi connectivity index (χ2v) is 7.59. The molecule has 1 amide bonds. The molecule has 1 aromatic heterocycles. The highest BCUT2D eigenvalue weighted by molar-refractivity contribution is 6.30. The summed E-state index contributed by atoms with van der Waals surface area (Å²) in [6.07, 6.45) is 3.08.